The Morgan fingerprint density at radius 2 is 1.83 bits per heavy atom. The molecule has 1 rings (SSSR count). The molecule has 0 radical (unpaired) electrons. The summed E-state index contributed by atoms with van der Waals surface area (Å²) >= 11 is 0. The van der Waals surface area contributed by atoms with Gasteiger partial charge in [-0.25, -0.2) is 9.59 Å². The van der Waals surface area contributed by atoms with Crippen LogP contribution in [0.5, 0.6) is 0 Å². The zero-order chi connectivity index (χ0) is 13.9. The van der Waals surface area contributed by atoms with E-state index < -0.39 is 11.6 Å². The van der Waals surface area contributed by atoms with E-state index in [0.29, 0.717) is 0 Å². The molecular weight excluding hydrogens is 236 g/mol. The molecule has 1 aliphatic heterocycles. The van der Waals surface area contributed by atoms with Crippen molar-refractivity contribution in [1.82, 2.24) is 10.2 Å². The molecule has 3 atom stereocenters. The minimum atomic E-state index is -1.93. The van der Waals surface area contributed by atoms with Crippen LogP contribution in [0.3, 0.4) is 0 Å². The molecule has 6 heteroatoms. The second-order valence-corrected chi connectivity index (χ2v) is 5.27. The molecule has 0 saturated carbocycles. The standard InChI is InChI=1S/C12H22N2O4/c1-8-5-4-6-9(2)14(8)11(17)13-7-12(3,18)10(15)16/h8-9,18H,4-7H2,1-3H3,(H,13,17)(H,15,16)/t8-,9+,12?. The van der Waals surface area contributed by atoms with Gasteiger partial charge in [0.2, 0.25) is 0 Å². The number of likely N-dealkylation sites (tertiary alicyclic amines) is 1. The summed E-state index contributed by atoms with van der Waals surface area (Å²) in [6, 6.07) is -0.0247. The number of carbonyl (C=O) groups is 2. The molecule has 2 amide bonds. The van der Waals surface area contributed by atoms with Crippen LogP contribution in [-0.4, -0.2) is 51.3 Å². The second kappa shape index (κ2) is 5.56. The molecule has 0 bridgehead atoms. The molecule has 1 heterocycles. The highest BCUT2D eigenvalue weighted by Gasteiger charge is 2.33. The van der Waals surface area contributed by atoms with Gasteiger partial charge in [0.15, 0.2) is 5.60 Å². The number of rotatable bonds is 3. The lowest BCUT2D eigenvalue weighted by Crippen LogP contribution is -2.55. The largest absolute Gasteiger partial charge is 0.479 e. The predicted octanol–water partition coefficient (Wildman–Crippen LogP) is 0.794. The highest BCUT2D eigenvalue weighted by atomic mass is 16.4. The van der Waals surface area contributed by atoms with E-state index in [1.807, 2.05) is 13.8 Å². The Bertz CT molecular complexity index is 320. The number of aliphatic carboxylic acids is 1. The van der Waals surface area contributed by atoms with Gasteiger partial charge in [-0.05, 0) is 40.0 Å². The van der Waals surface area contributed by atoms with Crippen molar-refractivity contribution in [2.45, 2.75) is 57.7 Å². The fourth-order valence-corrected chi connectivity index (χ4v) is 2.24. The molecule has 1 unspecified atom stereocenters. The van der Waals surface area contributed by atoms with Crippen LogP contribution in [0.25, 0.3) is 0 Å². The smallest absolute Gasteiger partial charge is 0.337 e. The van der Waals surface area contributed by atoms with Gasteiger partial charge in [0.1, 0.15) is 0 Å². The fraction of sp³-hybridized carbons (Fsp3) is 0.833. The summed E-state index contributed by atoms with van der Waals surface area (Å²) in [6.45, 7) is 4.82. The number of hydrogen-bond acceptors (Lipinski definition) is 3. The van der Waals surface area contributed by atoms with E-state index in [9.17, 15) is 14.7 Å². The maximum absolute atomic E-state index is 12.0. The van der Waals surface area contributed by atoms with E-state index in [2.05, 4.69) is 5.32 Å². The van der Waals surface area contributed by atoms with E-state index >= 15 is 0 Å². The number of hydrogen-bond donors (Lipinski definition) is 3. The second-order valence-electron chi connectivity index (χ2n) is 5.27. The van der Waals surface area contributed by atoms with Gasteiger partial charge >= 0.3 is 12.0 Å². The summed E-state index contributed by atoms with van der Waals surface area (Å²) in [6.07, 6.45) is 3.00. The van der Waals surface area contributed by atoms with Crippen molar-refractivity contribution in [1.29, 1.82) is 0 Å². The van der Waals surface area contributed by atoms with Crippen LogP contribution in [0.1, 0.15) is 40.0 Å². The van der Waals surface area contributed by atoms with Crippen molar-refractivity contribution in [3.8, 4) is 0 Å². The summed E-state index contributed by atoms with van der Waals surface area (Å²) < 4.78 is 0. The van der Waals surface area contributed by atoms with Gasteiger partial charge in [-0.1, -0.05) is 0 Å². The van der Waals surface area contributed by atoms with Gasteiger partial charge in [0.05, 0.1) is 6.54 Å². The van der Waals surface area contributed by atoms with Crippen molar-refractivity contribution >= 4 is 12.0 Å². The molecule has 0 aromatic rings. The van der Waals surface area contributed by atoms with Crippen LogP contribution >= 0.6 is 0 Å². The Labute approximate surface area is 107 Å². The minimum absolute atomic E-state index is 0.142. The predicted molar refractivity (Wildman–Crippen MR) is 66.3 cm³/mol. The average molecular weight is 258 g/mol. The molecule has 0 spiro atoms. The van der Waals surface area contributed by atoms with Crippen molar-refractivity contribution in [3.63, 3.8) is 0 Å². The first-order valence-electron chi connectivity index (χ1n) is 6.27. The van der Waals surface area contributed by atoms with E-state index in [1.165, 1.54) is 6.92 Å². The van der Waals surface area contributed by atoms with E-state index in [-0.39, 0.29) is 24.7 Å². The number of urea groups is 1. The molecule has 3 N–H and O–H groups in total. The number of carboxylic acids is 1. The lowest BCUT2D eigenvalue weighted by atomic mass is 9.98. The van der Waals surface area contributed by atoms with Gasteiger partial charge in [-0.2, -0.15) is 0 Å². The first-order chi connectivity index (χ1) is 8.25. The summed E-state index contributed by atoms with van der Waals surface area (Å²) in [7, 11) is 0. The molecule has 1 aliphatic rings. The number of aliphatic hydroxyl groups is 1. The molecule has 1 saturated heterocycles. The zero-order valence-corrected chi connectivity index (χ0v) is 11.1. The number of nitrogens with one attached hydrogen (secondary N) is 1. The van der Waals surface area contributed by atoms with Crippen LogP contribution in [0.4, 0.5) is 4.79 Å². The Kier molecular flexibility index (Phi) is 4.56. The molecule has 18 heavy (non-hydrogen) atoms. The number of carboxylic acid groups (broad SMARTS) is 1. The quantitative estimate of drug-likeness (QED) is 0.698. The third-order valence-electron chi connectivity index (χ3n) is 3.47. The van der Waals surface area contributed by atoms with Crippen molar-refractivity contribution in [2.75, 3.05) is 6.54 Å². The summed E-state index contributed by atoms with van der Waals surface area (Å²) in [5.74, 6) is -1.34. The highest BCUT2D eigenvalue weighted by molar-refractivity contribution is 5.79. The number of piperidine rings is 1. The maximum atomic E-state index is 12.0. The van der Waals surface area contributed by atoms with Crippen LogP contribution in [0.15, 0.2) is 0 Å². The number of carbonyl (C=O) groups excluding carboxylic acids is 1. The zero-order valence-electron chi connectivity index (χ0n) is 11.1. The molecular formula is C12H22N2O4. The number of amides is 2. The van der Waals surface area contributed by atoms with Crippen molar-refractivity contribution in [3.05, 3.63) is 0 Å². The fourth-order valence-electron chi connectivity index (χ4n) is 2.24. The van der Waals surface area contributed by atoms with Crippen molar-refractivity contribution in [2.24, 2.45) is 0 Å². The normalized spacial score (nSPS) is 27.4. The van der Waals surface area contributed by atoms with E-state index in [0.717, 1.165) is 19.3 Å². The Hall–Kier alpha value is -1.30. The van der Waals surface area contributed by atoms with Crippen molar-refractivity contribution < 1.29 is 19.8 Å². The van der Waals surface area contributed by atoms with E-state index in [1.54, 1.807) is 4.90 Å². The monoisotopic (exact) mass is 258 g/mol. The first-order valence-corrected chi connectivity index (χ1v) is 6.27. The lowest BCUT2D eigenvalue weighted by molar-refractivity contribution is -0.155. The van der Waals surface area contributed by atoms with Gasteiger partial charge in [0, 0.05) is 12.1 Å². The molecule has 0 aromatic heterocycles. The topological polar surface area (TPSA) is 89.9 Å². The Morgan fingerprint density at radius 3 is 2.28 bits per heavy atom. The average Bonchev–Trinajstić information content (AvgIpc) is 2.26. The minimum Gasteiger partial charge on any atom is -0.479 e. The molecule has 104 valence electrons. The molecule has 6 nitrogen and oxygen atoms in total. The summed E-state index contributed by atoms with van der Waals surface area (Å²) in [4.78, 5) is 24.4. The first kappa shape index (κ1) is 14.8. The van der Waals surface area contributed by atoms with Gasteiger partial charge < -0.3 is 20.4 Å². The van der Waals surface area contributed by atoms with Crippen LogP contribution in [0, 0.1) is 0 Å². The number of nitrogens with zero attached hydrogens (tertiary/aromatic N) is 1. The lowest BCUT2D eigenvalue weighted by Gasteiger charge is -2.39. The Balaban J connectivity index is 2.57. The maximum Gasteiger partial charge on any atom is 0.337 e. The van der Waals surface area contributed by atoms with Crippen LogP contribution in [0.2, 0.25) is 0 Å². The highest BCUT2D eigenvalue weighted by Crippen LogP contribution is 2.22. The third kappa shape index (κ3) is 3.35. The van der Waals surface area contributed by atoms with E-state index in [4.69, 9.17) is 5.11 Å². The summed E-state index contributed by atoms with van der Waals surface area (Å²) in [5, 5.41) is 20.8. The SMILES string of the molecule is C[C@@H]1CCC[C@H](C)N1C(=O)NCC(C)(O)C(=O)O. The summed E-state index contributed by atoms with van der Waals surface area (Å²) in [5.41, 5.74) is -1.93. The molecule has 0 aromatic carbocycles. The molecule has 1 fully saturated rings. The molecule has 0 aliphatic carbocycles. The van der Waals surface area contributed by atoms with Crippen LogP contribution < -0.4 is 5.32 Å². The van der Waals surface area contributed by atoms with Gasteiger partial charge in [0.25, 0.3) is 0 Å². The Morgan fingerprint density at radius 1 is 1.33 bits per heavy atom. The third-order valence-corrected chi connectivity index (χ3v) is 3.47. The van der Waals surface area contributed by atoms with Crippen LogP contribution in [-0.2, 0) is 4.79 Å². The van der Waals surface area contributed by atoms with Gasteiger partial charge in [-0.3, -0.25) is 0 Å². The van der Waals surface area contributed by atoms with Gasteiger partial charge in [-0.15, -0.1) is 0 Å².